The van der Waals surface area contributed by atoms with Crippen molar-refractivity contribution in [3.63, 3.8) is 0 Å². The van der Waals surface area contributed by atoms with Crippen LogP contribution in [0.25, 0.3) is 0 Å². The maximum atomic E-state index is 15.4. The van der Waals surface area contributed by atoms with E-state index in [1.807, 2.05) is 12.1 Å². The van der Waals surface area contributed by atoms with Gasteiger partial charge < -0.3 is 0 Å². The van der Waals surface area contributed by atoms with Gasteiger partial charge in [-0.05, 0) is 0 Å². The first kappa shape index (κ1) is 37.2. The molecular formula is C35H66FO3P. The Morgan fingerprint density at radius 3 is 1.25 bits per heavy atom. The Hall–Kier alpha value is -0.860. The van der Waals surface area contributed by atoms with E-state index >= 15 is 4.20 Å². The van der Waals surface area contributed by atoms with Gasteiger partial charge in [0, 0.05) is 0 Å². The van der Waals surface area contributed by atoms with E-state index in [2.05, 4.69) is 48.5 Å². The summed E-state index contributed by atoms with van der Waals surface area (Å²) in [6.07, 6.45) is 23.4. The summed E-state index contributed by atoms with van der Waals surface area (Å²) < 4.78 is 26.9. The fourth-order valence-electron chi connectivity index (χ4n) is 5.40. The summed E-state index contributed by atoms with van der Waals surface area (Å²) in [7, 11) is -2.70. The Kier molecular flexibility index (Phi) is 18.0. The number of unbranched alkanes of at least 4 members (excludes halogenated alkanes) is 17. The van der Waals surface area contributed by atoms with E-state index in [0.29, 0.717) is 12.2 Å². The number of rotatable bonds is 22. The number of methoxy groups -OCH3 is 1. The van der Waals surface area contributed by atoms with Crippen molar-refractivity contribution >= 4 is 8.03 Å². The van der Waals surface area contributed by atoms with Crippen molar-refractivity contribution in [1.29, 1.82) is 0 Å². The first-order chi connectivity index (χ1) is 18.8. The molecule has 5 heteroatoms. The maximum absolute atomic E-state index is 15.4. The molecule has 0 aliphatic heterocycles. The summed E-state index contributed by atoms with van der Waals surface area (Å²) in [5.41, 5.74) is 1.19. The van der Waals surface area contributed by atoms with Crippen LogP contribution in [-0.4, -0.2) is 18.2 Å². The molecule has 1 aromatic carbocycles. The van der Waals surface area contributed by atoms with E-state index in [1.54, 1.807) is 7.11 Å². The predicted octanol–water partition coefficient (Wildman–Crippen LogP) is 12.2. The molecule has 0 aromatic heterocycles. The van der Waals surface area contributed by atoms with Crippen molar-refractivity contribution in [3.05, 3.63) is 23.3 Å². The summed E-state index contributed by atoms with van der Waals surface area (Å²) in [6.45, 7) is 14.8. The summed E-state index contributed by atoms with van der Waals surface area (Å²) in [4.78, 5) is 10.7. The van der Waals surface area contributed by atoms with Crippen LogP contribution in [0, 0.1) is 0 Å². The number of hydrogen-bond acceptors (Lipinski definition) is 3. The molecule has 0 aliphatic carbocycles. The first-order valence-electron chi connectivity index (χ1n) is 16.6. The summed E-state index contributed by atoms with van der Waals surface area (Å²) >= 11 is 0. The zero-order chi connectivity index (χ0) is 30.1. The van der Waals surface area contributed by atoms with E-state index < -0.39 is 8.03 Å². The Labute approximate surface area is 249 Å². The van der Waals surface area contributed by atoms with Crippen molar-refractivity contribution in [2.24, 2.45) is 0 Å². The van der Waals surface area contributed by atoms with Gasteiger partial charge in [-0.2, -0.15) is 0 Å². The number of hydrogen-bond donors (Lipinski definition) is 1. The van der Waals surface area contributed by atoms with Gasteiger partial charge in [-0.1, -0.05) is 51.9 Å². The molecular weight excluding hydrogens is 518 g/mol. The summed E-state index contributed by atoms with van der Waals surface area (Å²) in [5.74, 6) is 1.23. The van der Waals surface area contributed by atoms with E-state index in [1.165, 1.54) is 96.3 Å². The Balaban J connectivity index is 2.30. The van der Waals surface area contributed by atoms with Crippen LogP contribution in [-0.2, 0) is 10.8 Å². The summed E-state index contributed by atoms with van der Waals surface area (Å²) in [5, 5.41) is 0. The van der Waals surface area contributed by atoms with Crippen LogP contribution in [0.1, 0.15) is 175 Å². The molecule has 3 nitrogen and oxygen atoms in total. The van der Waals surface area contributed by atoms with E-state index in [9.17, 15) is 4.89 Å². The minimum absolute atomic E-state index is 0.116. The molecule has 0 amide bonds. The van der Waals surface area contributed by atoms with Crippen LogP contribution in [0.3, 0.4) is 0 Å². The molecule has 0 unspecified atom stereocenters. The van der Waals surface area contributed by atoms with Crippen molar-refractivity contribution in [3.8, 4) is 11.5 Å². The van der Waals surface area contributed by atoms with E-state index in [-0.39, 0.29) is 17.0 Å². The standard InChI is InChI=1S/C35H66FO3P/c1-9-10-11-12-13-14-15-16-17-18-19-20-21-22-23-24-25-26-27-40(36,37)39-33-31(34(2,3)4)28-30(38-8)29-32(33)35(5,6)7/h28-29,37,40H,9-27H2,1-8H3. The number of benzene rings is 1. The van der Waals surface area contributed by atoms with Gasteiger partial charge >= 0.3 is 197 Å². The van der Waals surface area contributed by atoms with Crippen LogP contribution in [0.2, 0.25) is 0 Å². The van der Waals surface area contributed by atoms with E-state index in [0.717, 1.165) is 29.7 Å². The molecule has 1 aromatic rings. The second-order valence-corrected chi connectivity index (χ2v) is 16.2. The Morgan fingerprint density at radius 1 is 0.625 bits per heavy atom. The monoisotopic (exact) mass is 584 g/mol. The third-order valence-electron chi connectivity index (χ3n) is 8.01. The molecule has 1 N–H and O–H groups in total. The zero-order valence-electron chi connectivity index (χ0n) is 27.7. The van der Waals surface area contributed by atoms with Crippen molar-refractivity contribution < 1.29 is 18.4 Å². The Morgan fingerprint density at radius 2 is 0.950 bits per heavy atom. The SMILES string of the molecule is CCCCCCCCCCCCCCCCCCCC[PH](O)(F)Oc1c(C(C)(C)C)cc(OC)cc1C(C)(C)C. The number of halogens is 1. The van der Waals surface area contributed by atoms with Crippen molar-refractivity contribution in [2.75, 3.05) is 13.3 Å². The molecule has 0 bridgehead atoms. The normalized spacial score (nSPS) is 13.1. The number of ether oxygens (including phenoxy) is 1. The molecule has 236 valence electrons. The topological polar surface area (TPSA) is 38.7 Å². The zero-order valence-corrected chi connectivity index (χ0v) is 28.7. The molecule has 0 atom stereocenters. The Bertz CT molecular complexity index is 760. The first-order valence-corrected chi connectivity index (χ1v) is 18.6. The van der Waals surface area contributed by atoms with Gasteiger partial charge in [0.1, 0.15) is 0 Å². The predicted molar refractivity (Wildman–Crippen MR) is 176 cm³/mol. The van der Waals surface area contributed by atoms with Gasteiger partial charge in [0.2, 0.25) is 0 Å². The van der Waals surface area contributed by atoms with Crippen molar-refractivity contribution in [1.82, 2.24) is 0 Å². The molecule has 0 fully saturated rings. The van der Waals surface area contributed by atoms with Crippen LogP contribution in [0.4, 0.5) is 4.20 Å². The molecule has 0 heterocycles. The second kappa shape index (κ2) is 19.4. The van der Waals surface area contributed by atoms with Crippen LogP contribution < -0.4 is 9.26 Å². The molecule has 0 radical (unpaired) electrons. The molecule has 0 saturated carbocycles. The van der Waals surface area contributed by atoms with Gasteiger partial charge in [-0.3, -0.25) is 0 Å². The minimum atomic E-state index is -4.34. The van der Waals surface area contributed by atoms with Gasteiger partial charge in [-0.25, -0.2) is 0 Å². The second-order valence-electron chi connectivity index (χ2n) is 14.1. The third kappa shape index (κ3) is 16.0. The van der Waals surface area contributed by atoms with Gasteiger partial charge in [-0.15, -0.1) is 0 Å². The van der Waals surface area contributed by atoms with Crippen LogP contribution in [0.5, 0.6) is 11.5 Å². The summed E-state index contributed by atoms with van der Waals surface area (Å²) in [6, 6.07) is 3.84. The van der Waals surface area contributed by atoms with Gasteiger partial charge in [0.15, 0.2) is 0 Å². The molecule has 0 saturated heterocycles. The average molecular weight is 585 g/mol. The third-order valence-corrected chi connectivity index (χ3v) is 9.50. The molecule has 0 aliphatic rings. The fourth-order valence-corrected chi connectivity index (χ4v) is 6.72. The molecule has 0 spiro atoms. The quantitative estimate of drug-likeness (QED) is 0.109. The van der Waals surface area contributed by atoms with Crippen molar-refractivity contribution in [2.45, 2.75) is 175 Å². The van der Waals surface area contributed by atoms with Crippen LogP contribution in [0.15, 0.2) is 12.1 Å². The van der Waals surface area contributed by atoms with E-state index in [4.69, 9.17) is 9.26 Å². The molecule has 1 rings (SSSR count). The fraction of sp³-hybridized carbons (Fsp3) is 0.829. The van der Waals surface area contributed by atoms with Gasteiger partial charge in [0.25, 0.3) is 0 Å². The van der Waals surface area contributed by atoms with Crippen LogP contribution >= 0.6 is 8.03 Å². The van der Waals surface area contributed by atoms with Gasteiger partial charge in [0.05, 0.1) is 0 Å². The molecule has 40 heavy (non-hydrogen) atoms. The average Bonchev–Trinajstić information content (AvgIpc) is 2.86.